The van der Waals surface area contributed by atoms with E-state index >= 15 is 0 Å². The highest BCUT2D eigenvalue weighted by Gasteiger charge is 2.30. The molecule has 2 fully saturated rings. The van der Waals surface area contributed by atoms with E-state index < -0.39 is 0 Å². The third-order valence-corrected chi connectivity index (χ3v) is 4.97. The van der Waals surface area contributed by atoms with Gasteiger partial charge in [0.15, 0.2) is 0 Å². The summed E-state index contributed by atoms with van der Waals surface area (Å²) >= 11 is 0. The zero-order chi connectivity index (χ0) is 13.7. The molecule has 0 saturated carbocycles. The maximum atomic E-state index is 3.54. The van der Waals surface area contributed by atoms with E-state index in [2.05, 4.69) is 35.9 Å². The van der Waals surface area contributed by atoms with Crippen molar-refractivity contribution in [3.63, 3.8) is 0 Å². The highest BCUT2D eigenvalue weighted by Crippen LogP contribution is 2.22. The van der Waals surface area contributed by atoms with Crippen molar-refractivity contribution < 1.29 is 0 Å². The molecule has 2 aliphatic rings. The topological polar surface area (TPSA) is 18.5 Å². The molecule has 3 nitrogen and oxygen atoms in total. The largest absolute Gasteiger partial charge is 0.314 e. The van der Waals surface area contributed by atoms with Gasteiger partial charge in [0.05, 0.1) is 0 Å². The standard InChI is InChI=1S/C16H33N3/c1-4-17-14(2)12-15(3)19-11-8-16(13-19)18-9-6-5-7-10-18/h14-17H,4-13H2,1-3H3. The van der Waals surface area contributed by atoms with E-state index in [9.17, 15) is 0 Å². The fourth-order valence-corrected chi connectivity index (χ4v) is 3.84. The van der Waals surface area contributed by atoms with E-state index in [4.69, 9.17) is 0 Å². The predicted octanol–water partition coefficient (Wildman–Crippen LogP) is 2.32. The van der Waals surface area contributed by atoms with Crippen molar-refractivity contribution in [2.45, 2.75) is 71.0 Å². The van der Waals surface area contributed by atoms with Crippen molar-refractivity contribution in [2.24, 2.45) is 0 Å². The van der Waals surface area contributed by atoms with Crippen LogP contribution in [0.5, 0.6) is 0 Å². The van der Waals surface area contributed by atoms with Crippen LogP contribution >= 0.6 is 0 Å². The second-order valence-corrected chi connectivity index (χ2v) is 6.58. The second-order valence-electron chi connectivity index (χ2n) is 6.58. The Labute approximate surface area is 119 Å². The fourth-order valence-electron chi connectivity index (χ4n) is 3.84. The molecule has 0 aromatic rings. The summed E-state index contributed by atoms with van der Waals surface area (Å²) < 4.78 is 0. The molecule has 3 atom stereocenters. The number of nitrogens with zero attached hydrogens (tertiary/aromatic N) is 2. The van der Waals surface area contributed by atoms with Crippen molar-refractivity contribution in [1.29, 1.82) is 0 Å². The van der Waals surface area contributed by atoms with Crippen molar-refractivity contribution in [1.82, 2.24) is 15.1 Å². The molecule has 3 heteroatoms. The van der Waals surface area contributed by atoms with Crippen LogP contribution in [0.25, 0.3) is 0 Å². The SMILES string of the molecule is CCNC(C)CC(C)N1CCC(N2CCCCC2)C1. The summed E-state index contributed by atoms with van der Waals surface area (Å²) in [5, 5.41) is 3.54. The van der Waals surface area contributed by atoms with Gasteiger partial charge in [0.2, 0.25) is 0 Å². The molecule has 0 aromatic heterocycles. The molecule has 0 aliphatic carbocycles. The molecule has 1 N–H and O–H groups in total. The predicted molar refractivity (Wildman–Crippen MR) is 82.6 cm³/mol. The Kier molecular flexibility index (Phi) is 6.11. The van der Waals surface area contributed by atoms with Crippen LogP contribution in [0.1, 0.15) is 52.9 Å². The van der Waals surface area contributed by atoms with Gasteiger partial charge in [-0.05, 0) is 59.2 Å². The van der Waals surface area contributed by atoms with Crippen molar-refractivity contribution >= 4 is 0 Å². The number of hydrogen-bond acceptors (Lipinski definition) is 3. The first-order valence-electron chi connectivity index (χ1n) is 8.42. The van der Waals surface area contributed by atoms with E-state index in [1.54, 1.807) is 0 Å². The Morgan fingerprint density at radius 1 is 1.11 bits per heavy atom. The minimum Gasteiger partial charge on any atom is -0.314 e. The summed E-state index contributed by atoms with van der Waals surface area (Å²) in [7, 11) is 0. The van der Waals surface area contributed by atoms with Gasteiger partial charge >= 0.3 is 0 Å². The maximum absolute atomic E-state index is 3.54. The lowest BCUT2D eigenvalue weighted by Gasteiger charge is -2.33. The van der Waals surface area contributed by atoms with Gasteiger partial charge in [0, 0.05) is 31.2 Å². The molecular weight excluding hydrogens is 234 g/mol. The van der Waals surface area contributed by atoms with E-state index in [1.807, 2.05) is 0 Å². The molecule has 2 heterocycles. The van der Waals surface area contributed by atoms with Crippen molar-refractivity contribution in [3.8, 4) is 0 Å². The third-order valence-electron chi connectivity index (χ3n) is 4.97. The number of rotatable bonds is 6. The smallest absolute Gasteiger partial charge is 0.0235 e. The lowest BCUT2D eigenvalue weighted by Crippen LogP contribution is -2.43. The van der Waals surface area contributed by atoms with Gasteiger partial charge in [-0.25, -0.2) is 0 Å². The first-order valence-corrected chi connectivity index (χ1v) is 8.42. The Morgan fingerprint density at radius 2 is 1.84 bits per heavy atom. The van der Waals surface area contributed by atoms with Gasteiger partial charge < -0.3 is 5.32 Å². The molecular formula is C16H33N3. The number of piperidine rings is 1. The first-order chi connectivity index (χ1) is 9.20. The number of hydrogen-bond donors (Lipinski definition) is 1. The zero-order valence-corrected chi connectivity index (χ0v) is 13.2. The molecule has 0 amide bonds. The molecule has 3 unspecified atom stereocenters. The average molecular weight is 267 g/mol. The summed E-state index contributed by atoms with van der Waals surface area (Å²) in [5.74, 6) is 0. The Bertz CT molecular complexity index is 250. The maximum Gasteiger partial charge on any atom is 0.0235 e. The van der Waals surface area contributed by atoms with Crippen LogP contribution in [0.2, 0.25) is 0 Å². The van der Waals surface area contributed by atoms with Crippen LogP contribution in [0.15, 0.2) is 0 Å². The van der Waals surface area contributed by atoms with Crippen LogP contribution in [0, 0.1) is 0 Å². The quantitative estimate of drug-likeness (QED) is 0.797. The number of likely N-dealkylation sites (tertiary alicyclic amines) is 2. The first kappa shape index (κ1) is 15.3. The van der Waals surface area contributed by atoms with Crippen LogP contribution in [-0.4, -0.2) is 60.6 Å². The molecule has 112 valence electrons. The van der Waals surface area contributed by atoms with Gasteiger partial charge in [-0.15, -0.1) is 0 Å². The van der Waals surface area contributed by atoms with E-state index in [1.165, 1.54) is 58.3 Å². The third kappa shape index (κ3) is 4.44. The summed E-state index contributed by atoms with van der Waals surface area (Å²) in [4.78, 5) is 5.47. The molecule has 2 aliphatic heterocycles. The van der Waals surface area contributed by atoms with E-state index in [0.717, 1.165) is 18.6 Å². The van der Waals surface area contributed by atoms with Crippen LogP contribution in [0.3, 0.4) is 0 Å². The highest BCUT2D eigenvalue weighted by atomic mass is 15.3. The van der Waals surface area contributed by atoms with Crippen LogP contribution < -0.4 is 5.32 Å². The Hall–Kier alpha value is -0.120. The summed E-state index contributed by atoms with van der Waals surface area (Å²) in [5.41, 5.74) is 0. The molecule has 0 bridgehead atoms. The van der Waals surface area contributed by atoms with Gasteiger partial charge in [-0.3, -0.25) is 9.80 Å². The van der Waals surface area contributed by atoms with Gasteiger partial charge in [0.1, 0.15) is 0 Å². The monoisotopic (exact) mass is 267 g/mol. The normalized spacial score (nSPS) is 29.5. The van der Waals surface area contributed by atoms with E-state index in [-0.39, 0.29) is 0 Å². The van der Waals surface area contributed by atoms with Gasteiger partial charge in [-0.2, -0.15) is 0 Å². The van der Waals surface area contributed by atoms with E-state index in [0.29, 0.717) is 6.04 Å². The van der Waals surface area contributed by atoms with Crippen molar-refractivity contribution in [3.05, 3.63) is 0 Å². The molecule has 0 aromatic carbocycles. The van der Waals surface area contributed by atoms with Crippen molar-refractivity contribution in [2.75, 3.05) is 32.7 Å². The lowest BCUT2D eigenvalue weighted by molar-refractivity contribution is 0.150. The Balaban J connectivity index is 1.74. The Morgan fingerprint density at radius 3 is 2.53 bits per heavy atom. The fraction of sp³-hybridized carbons (Fsp3) is 1.00. The second kappa shape index (κ2) is 7.61. The van der Waals surface area contributed by atoms with Gasteiger partial charge in [0.25, 0.3) is 0 Å². The number of nitrogens with one attached hydrogen (secondary N) is 1. The summed E-state index contributed by atoms with van der Waals surface area (Å²) in [6.45, 7) is 13.3. The minimum atomic E-state index is 0.647. The summed E-state index contributed by atoms with van der Waals surface area (Å²) in [6, 6.07) is 2.22. The molecule has 2 saturated heterocycles. The zero-order valence-electron chi connectivity index (χ0n) is 13.2. The van der Waals surface area contributed by atoms with Crippen LogP contribution in [0.4, 0.5) is 0 Å². The molecule has 2 rings (SSSR count). The minimum absolute atomic E-state index is 0.647. The molecule has 0 radical (unpaired) electrons. The van der Waals surface area contributed by atoms with Gasteiger partial charge in [-0.1, -0.05) is 13.3 Å². The van der Waals surface area contributed by atoms with Crippen LogP contribution in [-0.2, 0) is 0 Å². The highest BCUT2D eigenvalue weighted by molar-refractivity contribution is 4.87. The average Bonchev–Trinajstić information content (AvgIpc) is 2.89. The lowest BCUT2D eigenvalue weighted by atomic mass is 10.1. The summed E-state index contributed by atoms with van der Waals surface area (Å²) in [6.07, 6.45) is 6.96. The molecule has 0 spiro atoms. The molecule has 19 heavy (non-hydrogen) atoms.